The van der Waals surface area contributed by atoms with Gasteiger partial charge in [0.15, 0.2) is 0 Å². The van der Waals surface area contributed by atoms with Gasteiger partial charge in [-0.05, 0) is 54.4 Å². The zero-order chi connectivity index (χ0) is 23.2. The van der Waals surface area contributed by atoms with Crippen LogP contribution >= 0.6 is 11.6 Å². The van der Waals surface area contributed by atoms with Crippen molar-refractivity contribution >= 4 is 28.5 Å². The summed E-state index contributed by atoms with van der Waals surface area (Å²) in [5.74, 6) is 0.687. The number of carbonyl (C=O) groups is 1. The van der Waals surface area contributed by atoms with Gasteiger partial charge < -0.3 is 18.6 Å². The summed E-state index contributed by atoms with van der Waals surface area (Å²) in [5, 5.41) is 1.37. The van der Waals surface area contributed by atoms with E-state index in [-0.39, 0.29) is 13.2 Å². The Bertz CT molecular complexity index is 1330. The SMILES string of the molecule is Cc1cc(=O)oc2cc(OCc3ccc(C(=O)OCCOc4ccccc4Cl)cc3)ccc12. The van der Waals surface area contributed by atoms with Crippen molar-refractivity contribution in [3.63, 3.8) is 0 Å². The van der Waals surface area contributed by atoms with Gasteiger partial charge in [-0.15, -0.1) is 0 Å². The van der Waals surface area contributed by atoms with Gasteiger partial charge >= 0.3 is 11.6 Å². The molecule has 4 rings (SSSR count). The molecule has 0 aliphatic heterocycles. The highest BCUT2D eigenvalue weighted by Crippen LogP contribution is 2.24. The number of esters is 1. The first-order chi connectivity index (χ1) is 16.0. The molecule has 0 atom stereocenters. The van der Waals surface area contributed by atoms with Crippen molar-refractivity contribution in [3.8, 4) is 11.5 Å². The molecular formula is C26H21ClO6. The number of fused-ring (bicyclic) bond motifs is 1. The molecule has 1 aromatic heterocycles. The molecule has 0 fully saturated rings. The number of aryl methyl sites for hydroxylation is 1. The lowest BCUT2D eigenvalue weighted by Gasteiger charge is -2.10. The molecule has 0 N–H and O–H groups in total. The van der Waals surface area contributed by atoms with Crippen LogP contribution < -0.4 is 15.1 Å². The minimum Gasteiger partial charge on any atom is -0.489 e. The first-order valence-electron chi connectivity index (χ1n) is 10.3. The highest BCUT2D eigenvalue weighted by molar-refractivity contribution is 6.32. The summed E-state index contributed by atoms with van der Waals surface area (Å²) in [6.45, 7) is 2.46. The summed E-state index contributed by atoms with van der Waals surface area (Å²) in [6, 6.07) is 20.9. The Kier molecular flexibility index (Phi) is 6.95. The summed E-state index contributed by atoms with van der Waals surface area (Å²) < 4.78 is 21.8. The summed E-state index contributed by atoms with van der Waals surface area (Å²) in [7, 11) is 0. The molecule has 0 bridgehead atoms. The number of ether oxygens (including phenoxy) is 3. The Morgan fingerprint density at radius 3 is 2.52 bits per heavy atom. The summed E-state index contributed by atoms with van der Waals surface area (Å²) >= 11 is 6.02. The van der Waals surface area contributed by atoms with Crippen LogP contribution in [-0.2, 0) is 11.3 Å². The first-order valence-corrected chi connectivity index (χ1v) is 10.7. The lowest BCUT2D eigenvalue weighted by Crippen LogP contribution is -2.12. The average molecular weight is 465 g/mol. The van der Waals surface area contributed by atoms with Crippen LogP contribution in [0.5, 0.6) is 11.5 Å². The van der Waals surface area contributed by atoms with Crippen LogP contribution in [0.15, 0.2) is 82.0 Å². The molecule has 168 valence electrons. The number of benzene rings is 3. The van der Waals surface area contributed by atoms with Gasteiger partial charge in [0.05, 0.1) is 10.6 Å². The van der Waals surface area contributed by atoms with Crippen molar-refractivity contribution in [1.29, 1.82) is 0 Å². The topological polar surface area (TPSA) is 75.0 Å². The van der Waals surface area contributed by atoms with Crippen LogP contribution in [0, 0.1) is 6.92 Å². The van der Waals surface area contributed by atoms with E-state index in [2.05, 4.69) is 0 Å². The average Bonchev–Trinajstić information content (AvgIpc) is 2.81. The van der Waals surface area contributed by atoms with Gasteiger partial charge in [-0.2, -0.15) is 0 Å². The second kappa shape index (κ2) is 10.2. The van der Waals surface area contributed by atoms with E-state index in [9.17, 15) is 9.59 Å². The smallest absolute Gasteiger partial charge is 0.338 e. The Morgan fingerprint density at radius 1 is 0.939 bits per heavy atom. The minimum atomic E-state index is -0.440. The van der Waals surface area contributed by atoms with Crippen molar-refractivity contribution in [3.05, 3.63) is 105 Å². The van der Waals surface area contributed by atoms with Gasteiger partial charge in [-0.1, -0.05) is 35.9 Å². The van der Waals surface area contributed by atoms with Gasteiger partial charge in [-0.3, -0.25) is 0 Å². The Labute approximate surface area is 195 Å². The third kappa shape index (κ3) is 5.73. The predicted molar refractivity (Wildman–Crippen MR) is 125 cm³/mol. The molecule has 0 aliphatic rings. The number of carbonyl (C=O) groups excluding carboxylic acids is 1. The van der Waals surface area contributed by atoms with E-state index < -0.39 is 11.6 Å². The van der Waals surface area contributed by atoms with E-state index in [0.717, 1.165) is 16.5 Å². The highest BCUT2D eigenvalue weighted by atomic mass is 35.5. The monoisotopic (exact) mass is 464 g/mol. The van der Waals surface area contributed by atoms with Crippen molar-refractivity contribution < 1.29 is 23.4 Å². The van der Waals surface area contributed by atoms with E-state index in [1.807, 2.05) is 31.2 Å². The Hall–Kier alpha value is -3.77. The molecule has 33 heavy (non-hydrogen) atoms. The van der Waals surface area contributed by atoms with Crippen molar-refractivity contribution in [2.45, 2.75) is 13.5 Å². The molecule has 0 spiro atoms. The summed E-state index contributed by atoms with van der Waals surface area (Å²) in [5.41, 5.74) is 2.24. The quantitative estimate of drug-likeness (QED) is 0.193. The predicted octanol–water partition coefficient (Wildman–Crippen LogP) is 5.57. The van der Waals surface area contributed by atoms with Crippen molar-refractivity contribution in [2.24, 2.45) is 0 Å². The van der Waals surface area contributed by atoms with Crippen LogP contribution in [0.4, 0.5) is 0 Å². The molecule has 0 amide bonds. The zero-order valence-corrected chi connectivity index (χ0v) is 18.6. The number of hydrogen-bond donors (Lipinski definition) is 0. The molecule has 4 aromatic rings. The van der Waals surface area contributed by atoms with Crippen LogP contribution in [0.25, 0.3) is 11.0 Å². The second-order valence-corrected chi connectivity index (χ2v) is 7.71. The number of rotatable bonds is 8. The summed E-state index contributed by atoms with van der Waals surface area (Å²) in [4.78, 5) is 23.8. The Balaban J connectivity index is 1.28. The van der Waals surface area contributed by atoms with E-state index in [4.69, 9.17) is 30.2 Å². The molecule has 6 nitrogen and oxygen atoms in total. The van der Waals surface area contributed by atoms with E-state index in [0.29, 0.717) is 34.3 Å². The first kappa shape index (κ1) is 22.4. The third-order valence-corrected chi connectivity index (χ3v) is 5.24. The van der Waals surface area contributed by atoms with Crippen LogP contribution in [-0.4, -0.2) is 19.2 Å². The van der Waals surface area contributed by atoms with E-state index >= 15 is 0 Å². The fourth-order valence-electron chi connectivity index (χ4n) is 3.23. The molecule has 0 aliphatic carbocycles. The second-order valence-electron chi connectivity index (χ2n) is 7.31. The molecule has 0 radical (unpaired) electrons. The fourth-order valence-corrected chi connectivity index (χ4v) is 3.42. The molecule has 0 saturated heterocycles. The van der Waals surface area contributed by atoms with E-state index in [1.54, 1.807) is 42.5 Å². The maximum absolute atomic E-state index is 12.2. The van der Waals surface area contributed by atoms with Gasteiger partial charge in [0, 0.05) is 17.5 Å². The molecule has 0 saturated carbocycles. The van der Waals surface area contributed by atoms with Gasteiger partial charge in [0.25, 0.3) is 0 Å². The molecule has 1 heterocycles. The highest BCUT2D eigenvalue weighted by Gasteiger charge is 2.09. The molecule has 0 unspecified atom stereocenters. The lowest BCUT2D eigenvalue weighted by molar-refractivity contribution is 0.0450. The standard InChI is InChI=1S/C26H21ClO6/c1-17-14-25(28)33-24-15-20(10-11-21(17)24)32-16-18-6-8-19(9-7-18)26(29)31-13-12-30-23-5-3-2-4-22(23)27/h2-11,14-15H,12-13,16H2,1H3. The van der Waals surface area contributed by atoms with Crippen molar-refractivity contribution in [2.75, 3.05) is 13.2 Å². The van der Waals surface area contributed by atoms with Crippen LogP contribution in [0.2, 0.25) is 5.02 Å². The minimum absolute atomic E-state index is 0.104. The van der Waals surface area contributed by atoms with Crippen molar-refractivity contribution in [1.82, 2.24) is 0 Å². The lowest BCUT2D eigenvalue weighted by atomic mass is 10.1. The van der Waals surface area contributed by atoms with Gasteiger partial charge in [-0.25, -0.2) is 9.59 Å². The van der Waals surface area contributed by atoms with Gasteiger partial charge in [0.1, 0.15) is 36.9 Å². The van der Waals surface area contributed by atoms with Crippen LogP contribution in [0.1, 0.15) is 21.5 Å². The zero-order valence-electron chi connectivity index (χ0n) is 17.9. The number of hydrogen-bond acceptors (Lipinski definition) is 6. The number of para-hydroxylation sites is 1. The number of halogens is 1. The molecule has 3 aromatic carbocycles. The van der Waals surface area contributed by atoms with Gasteiger partial charge in [0.2, 0.25) is 0 Å². The normalized spacial score (nSPS) is 10.7. The van der Waals surface area contributed by atoms with Crippen LogP contribution in [0.3, 0.4) is 0 Å². The largest absolute Gasteiger partial charge is 0.489 e. The molecule has 7 heteroatoms. The fraction of sp³-hybridized carbons (Fsp3) is 0.154. The Morgan fingerprint density at radius 2 is 1.73 bits per heavy atom. The maximum atomic E-state index is 12.2. The van der Waals surface area contributed by atoms with E-state index in [1.165, 1.54) is 6.07 Å². The molecular weight excluding hydrogens is 444 g/mol. The maximum Gasteiger partial charge on any atom is 0.338 e. The third-order valence-electron chi connectivity index (χ3n) is 4.93. The summed E-state index contributed by atoms with van der Waals surface area (Å²) in [6.07, 6.45) is 0.